The standard InChI is InChI=1S/C17H26N4OS/c22-16(12-14-4-1-2-9-18-14)21-13-5-7-15(8-6-13)23-17-19-10-3-11-20-17/h3,10-11,13-15,18H,1-2,4-9,12H2,(H,21,22). The van der Waals surface area contributed by atoms with Crippen LogP contribution < -0.4 is 10.6 Å². The number of carbonyl (C=O) groups is 1. The van der Waals surface area contributed by atoms with Gasteiger partial charge in [-0.2, -0.15) is 0 Å². The van der Waals surface area contributed by atoms with Gasteiger partial charge in [-0.3, -0.25) is 4.79 Å². The van der Waals surface area contributed by atoms with Crippen LogP contribution in [0.1, 0.15) is 51.4 Å². The Balaban J connectivity index is 1.36. The number of hydrogen-bond donors (Lipinski definition) is 2. The van der Waals surface area contributed by atoms with Gasteiger partial charge in [-0.15, -0.1) is 0 Å². The second-order valence-electron chi connectivity index (χ2n) is 6.54. The normalized spacial score (nSPS) is 28.3. The summed E-state index contributed by atoms with van der Waals surface area (Å²) in [5.41, 5.74) is 0. The van der Waals surface area contributed by atoms with Gasteiger partial charge < -0.3 is 10.6 Å². The molecular formula is C17H26N4OS. The van der Waals surface area contributed by atoms with E-state index in [1.807, 2.05) is 6.07 Å². The highest BCUT2D eigenvalue weighted by Gasteiger charge is 2.24. The van der Waals surface area contributed by atoms with E-state index in [1.54, 1.807) is 24.2 Å². The van der Waals surface area contributed by atoms with Gasteiger partial charge in [-0.1, -0.05) is 18.2 Å². The Morgan fingerprint density at radius 2 is 1.96 bits per heavy atom. The minimum atomic E-state index is 0.215. The van der Waals surface area contributed by atoms with E-state index < -0.39 is 0 Å². The summed E-state index contributed by atoms with van der Waals surface area (Å²) < 4.78 is 0. The van der Waals surface area contributed by atoms with Gasteiger partial charge in [0.2, 0.25) is 5.91 Å². The Bertz CT molecular complexity index is 485. The number of aromatic nitrogens is 2. The SMILES string of the molecule is O=C(CC1CCCCN1)NC1CCC(Sc2ncccn2)CC1. The van der Waals surface area contributed by atoms with Crippen LogP contribution >= 0.6 is 11.8 Å². The zero-order valence-electron chi connectivity index (χ0n) is 13.5. The second-order valence-corrected chi connectivity index (χ2v) is 7.81. The fraction of sp³-hybridized carbons (Fsp3) is 0.706. The van der Waals surface area contributed by atoms with Crippen LogP contribution in [0.4, 0.5) is 0 Å². The van der Waals surface area contributed by atoms with Crippen LogP contribution in [0, 0.1) is 0 Å². The first kappa shape index (κ1) is 16.7. The molecule has 1 aromatic rings. The van der Waals surface area contributed by atoms with Gasteiger partial charge >= 0.3 is 0 Å². The molecule has 5 nitrogen and oxygen atoms in total. The molecule has 1 amide bonds. The first-order chi connectivity index (χ1) is 11.3. The molecule has 1 unspecified atom stereocenters. The van der Waals surface area contributed by atoms with Gasteiger partial charge in [0.25, 0.3) is 0 Å². The van der Waals surface area contributed by atoms with Crippen LogP contribution in [0.15, 0.2) is 23.6 Å². The van der Waals surface area contributed by atoms with Crippen LogP contribution in [0.3, 0.4) is 0 Å². The van der Waals surface area contributed by atoms with E-state index in [0.717, 1.165) is 43.8 Å². The first-order valence-electron chi connectivity index (χ1n) is 8.76. The Morgan fingerprint density at radius 1 is 1.17 bits per heavy atom. The molecule has 6 heteroatoms. The molecule has 1 aromatic heterocycles. The third-order valence-electron chi connectivity index (χ3n) is 4.70. The molecule has 1 atom stereocenters. The molecule has 0 bridgehead atoms. The van der Waals surface area contributed by atoms with Crippen molar-refractivity contribution in [2.75, 3.05) is 6.54 Å². The highest BCUT2D eigenvalue weighted by molar-refractivity contribution is 7.99. The maximum atomic E-state index is 12.2. The molecule has 0 spiro atoms. The van der Waals surface area contributed by atoms with E-state index in [1.165, 1.54) is 12.8 Å². The molecule has 3 rings (SSSR count). The monoisotopic (exact) mass is 334 g/mol. The Morgan fingerprint density at radius 3 is 2.65 bits per heavy atom. The highest BCUT2D eigenvalue weighted by Crippen LogP contribution is 2.31. The van der Waals surface area contributed by atoms with Crippen molar-refractivity contribution in [3.05, 3.63) is 18.5 Å². The molecule has 1 aliphatic carbocycles. The molecule has 0 radical (unpaired) electrons. The predicted octanol–water partition coefficient (Wildman–Crippen LogP) is 2.53. The largest absolute Gasteiger partial charge is 0.353 e. The molecule has 2 N–H and O–H groups in total. The highest BCUT2D eigenvalue weighted by atomic mass is 32.2. The van der Waals surface area contributed by atoms with Crippen LogP contribution in [0.5, 0.6) is 0 Å². The molecule has 1 saturated carbocycles. The Labute approximate surface area is 142 Å². The van der Waals surface area contributed by atoms with E-state index >= 15 is 0 Å². The van der Waals surface area contributed by atoms with Crippen LogP contribution in [0.25, 0.3) is 0 Å². The van der Waals surface area contributed by atoms with E-state index in [9.17, 15) is 4.79 Å². The lowest BCUT2D eigenvalue weighted by Crippen LogP contribution is -2.43. The third kappa shape index (κ3) is 5.46. The maximum Gasteiger partial charge on any atom is 0.221 e. The van der Waals surface area contributed by atoms with E-state index in [-0.39, 0.29) is 5.91 Å². The zero-order chi connectivity index (χ0) is 15.9. The number of piperidine rings is 1. The van der Waals surface area contributed by atoms with E-state index in [2.05, 4.69) is 20.6 Å². The van der Waals surface area contributed by atoms with Gasteiger partial charge in [-0.25, -0.2) is 9.97 Å². The fourth-order valence-corrected chi connectivity index (χ4v) is 4.48. The smallest absolute Gasteiger partial charge is 0.221 e. The maximum absolute atomic E-state index is 12.2. The fourth-order valence-electron chi connectivity index (χ4n) is 3.43. The topological polar surface area (TPSA) is 66.9 Å². The summed E-state index contributed by atoms with van der Waals surface area (Å²) in [6.45, 7) is 1.06. The van der Waals surface area contributed by atoms with Crippen molar-refractivity contribution in [3.63, 3.8) is 0 Å². The third-order valence-corrected chi connectivity index (χ3v) is 5.92. The van der Waals surface area contributed by atoms with Gasteiger partial charge in [0, 0.05) is 36.1 Å². The predicted molar refractivity (Wildman–Crippen MR) is 92.3 cm³/mol. The average Bonchev–Trinajstić information content (AvgIpc) is 2.58. The van der Waals surface area contributed by atoms with Crippen molar-refractivity contribution in [3.8, 4) is 0 Å². The van der Waals surface area contributed by atoms with Gasteiger partial charge in [0.05, 0.1) is 0 Å². The summed E-state index contributed by atoms with van der Waals surface area (Å²) in [6.07, 6.45) is 12.2. The summed E-state index contributed by atoms with van der Waals surface area (Å²) >= 11 is 1.77. The van der Waals surface area contributed by atoms with Crippen molar-refractivity contribution in [1.29, 1.82) is 0 Å². The number of hydrogen-bond acceptors (Lipinski definition) is 5. The minimum absolute atomic E-state index is 0.215. The lowest BCUT2D eigenvalue weighted by molar-refractivity contribution is -0.122. The molecule has 23 heavy (non-hydrogen) atoms. The Hall–Kier alpha value is -1.14. The average molecular weight is 334 g/mol. The quantitative estimate of drug-likeness (QED) is 0.810. The summed E-state index contributed by atoms with van der Waals surface area (Å²) in [6, 6.07) is 2.57. The molecule has 2 heterocycles. The molecule has 2 fully saturated rings. The van der Waals surface area contributed by atoms with Gasteiger partial charge in [-0.05, 0) is 51.1 Å². The van der Waals surface area contributed by atoms with Crippen LogP contribution in [-0.2, 0) is 4.79 Å². The summed E-state index contributed by atoms with van der Waals surface area (Å²) in [5.74, 6) is 0.215. The van der Waals surface area contributed by atoms with Crippen molar-refractivity contribution >= 4 is 17.7 Å². The van der Waals surface area contributed by atoms with Crippen molar-refractivity contribution in [2.45, 2.75) is 73.9 Å². The van der Waals surface area contributed by atoms with Crippen LogP contribution in [0.2, 0.25) is 0 Å². The van der Waals surface area contributed by atoms with Crippen molar-refractivity contribution in [2.24, 2.45) is 0 Å². The molecule has 0 aromatic carbocycles. The number of carbonyl (C=O) groups excluding carboxylic acids is 1. The zero-order valence-corrected chi connectivity index (χ0v) is 14.4. The minimum Gasteiger partial charge on any atom is -0.353 e. The Kier molecular flexibility index (Phi) is 6.28. The van der Waals surface area contributed by atoms with Gasteiger partial charge in [0.15, 0.2) is 5.16 Å². The molecule has 1 saturated heterocycles. The number of nitrogens with zero attached hydrogens (tertiary/aromatic N) is 2. The molecule has 1 aliphatic heterocycles. The van der Waals surface area contributed by atoms with E-state index in [4.69, 9.17) is 0 Å². The van der Waals surface area contributed by atoms with Crippen LogP contribution in [-0.4, -0.2) is 39.8 Å². The van der Waals surface area contributed by atoms with Crippen molar-refractivity contribution < 1.29 is 4.79 Å². The first-order valence-corrected chi connectivity index (χ1v) is 9.64. The summed E-state index contributed by atoms with van der Waals surface area (Å²) in [4.78, 5) is 20.7. The number of amides is 1. The number of rotatable bonds is 5. The number of nitrogens with one attached hydrogen (secondary N) is 2. The summed E-state index contributed by atoms with van der Waals surface area (Å²) in [7, 11) is 0. The van der Waals surface area contributed by atoms with E-state index in [0.29, 0.717) is 23.8 Å². The second kappa shape index (κ2) is 8.64. The molecule has 126 valence electrons. The number of thioether (sulfide) groups is 1. The molecular weight excluding hydrogens is 308 g/mol. The lowest BCUT2D eigenvalue weighted by Gasteiger charge is -2.29. The molecule has 2 aliphatic rings. The van der Waals surface area contributed by atoms with Crippen molar-refractivity contribution in [1.82, 2.24) is 20.6 Å². The summed E-state index contributed by atoms with van der Waals surface area (Å²) in [5, 5.41) is 8.11. The lowest BCUT2D eigenvalue weighted by atomic mass is 9.94. The van der Waals surface area contributed by atoms with Gasteiger partial charge in [0.1, 0.15) is 0 Å².